The highest BCUT2D eigenvalue weighted by Gasteiger charge is 2.21. The van der Waals surface area contributed by atoms with E-state index < -0.39 is 0 Å². The van der Waals surface area contributed by atoms with Crippen LogP contribution in [0.2, 0.25) is 0 Å². The quantitative estimate of drug-likeness (QED) is 0.883. The van der Waals surface area contributed by atoms with Crippen molar-refractivity contribution in [2.75, 3.05) is 37.8 Å². The standard InChI is InChI=1S/C17H25N5/c1-20(2)14-6-8-22(9-7-14)15-4-5-17(18)16(10-15)13-11-19-21(3)12-13/h4-5,10-12,14H,6-9,18H2,1-3H3. The van der Waals surface area contributed by atoms with Crippen molar-refractivity contribution in [2.24, 2.45) is 7.05 Å². The van der Waals surface area contributed by atoms with Gasteiger partial charge in [0.25, 0.3) is 0 Å². The van der Waals surface area contributed by atoms with Gasteiger partial charge in [0.2, 0.25) is 0 Å². The number of hydrogen-bond donors (Lipinski definition) is 1. The molecule has 0 saturated carbocycles. The summed E-state index contributed by atoms with van der Waals surface area (Å²) in [5.74, 6) is 0. The molecule has 1 aliphatic heterocycles. The zero-order chi connectivity index (χ0) is 15.7. The number of rotatable bonds is 3. The lowest BCUT2D eigenvalue weighted by Crippen LogP contribution is -2.41. The Morgan fingerprint density at radius 1 is 1.23 bits per heavy atom. The number of anilines is 2. The maximum atomic E-state index is 6.16. The highest BCUT2D eigenvalue weighted by Crippen LogP contribution is 2.31. The second kappa shape index (κ2) is 6.01. The number of piperidine rings is 1. The van der Waals surface area contributed by atoms with Crippen molar-refractivity contribution in [3.8, 4) is 11.1 Å². The first-order valence-corrected chi connectivity index (χ1v) is 7.84. The smallest absolute Gasteiger partial charge is 0.0568 e. The van der Waals surface area contributed by atoms with Crippen LogP contribution in [0.25, 0.3) is 11.1 Å². The highest BCUT2D eigenvalue weighted by molar-refractivity contribution is 5.79. The summed E-state index contributed by atoms with van der Waals surface area (Å²) in [6.45, 7) is 2.19. The molecule has 1 saturated heterocycles. The van der Waals surface area contributed by atoms with Crippen LogP contribution in [0.15, 0.2) is 30.6 Å². The van der Waals surface area contributed by atoms with Crippen molar-refractivity contribution in [1.29, 1.82) is 0 Å². The largest absolute Gasteiger partial charge is 0.398 e. The van der Waals surface area contributed by atoms with E-state index in [2.05, 4.69) is 41.1 Å². The van der Waals surface area contributed by atoms with Crippen LogP contribution in [-0.2, 0) is 7.05 Å². The van der Waals surface area contributed by atoms with Gasteiger partial charge in [-0.05, 0) is 45.1 Å². The highest BCUT2D eigenvalue weighted by atomic mass is 15.2. The second-order valence-corrected chi connectivity index (χ2v) is 6.36. The lowest BCUT2D eigenvalue weighted by Gasteiger charge is -2.36. The molecule has 0 amide bonds. The molecule has 2 aromatic rings. The van der Waals surface area contributed by atoms with Crippen LogP contribution in [0.1, 0.15) is 12.8 Å². The third kappa shape index (κ3) is 2.95. The molecule has 0 spiro atoms. The number of nitrogens with zero attached hydrogens (tertiary/aromatic N) is 4. The van der Waals surface area contributed by atoms with Crippen molar-refractivity contribution in [1.82, 2.24) is 14.7 Å². The van der Waals surface area contributed by atoms with E-state index in [1.165, 1.54) is 18.5 Å². The molecule has 0 radical (unpaired) electrons. The molecule has 3 rings (SSSR count). The molecule has 2 N–H and O–H groups in total. The Hall–Kier alpha value is -2.01. The molecule has 1 fully saturated rings. The Bertz CT molecular complexity index is 638. The normalized spacial score (nSPS) is 16.5. The van der Waals surface area contributed by atoms with Crippen LogP contribution in [0.4, 0.5) is 11.4 Å². The Morgan fingerprint density at radius 2 is 1.95 bits per heavy atom. The lowest BCUT2D eigenvalue weighted by molar-refractivity contribution is 0.249. The fraction of sp³-hybridized carbons (Fsp3) is 0.471. The number of aryl methyl sites for hydroxylation is 1. The van der Waals surface area contributed by atoms with Gasteiger partial charge in [0.1, 0.15) is 0 Å². The second-order valence-electron chi connectivity index (χ2n) is 6.36. The van der Waals surface area contributed by atoms with Gasteiger partial charge in [0, 0.05) is 54.9 Å². The molecule has 0 atom stereocenters. The first kappa shape index (κ1) is 14.9. The summed E-state index contributed by atoms with van der Waals surface area (Å²) in [5, 5.41) is 4.25. The van der Waals surface area contributed by atoms with Crippen molar-refractivity contribution >= 4 is 11.4 Å². The zero-order valence-electron chi connectivity index (χ0n) is 13.7. The van der Waals surface area contributed by atoms with Crippen LogP contribution >= 0.6 is 0 Å². The van der Waals surface area contributed by atoms with Gasteiger partial charge in [-0.25, -0.2) is 0 Å². The summed E-state index contributed by atoms with van der Waals surface area (Å²) < 4.78 is 1.81. The predicted molar refractivity (Wildman–Crippen MR) is 92.0 cm³/mol. The number of benzene rings is 1. The third-order valence-electron chi connectivity index (χ3n) is 4.61. The van der Waals surface area contributed by atoms with Crippen LogP contribution in [0, 0.1) is 0 Å². The Labute approximate surface area is 132 Å². The number of aromatic nitrogens is 2. The molecule has 0 unspecified atom stereocenters. The summed E-state index contributed by atoms with van der Waals surface area (Å²) in [7, 11) is 6.27. The van der Waals surface area contributed by atoms with Gasteiger partial charge >= 0.3 is 0 Å². The monoisotopic (exact) mass is 299 g/mol. The van der Waals surface area contributed by atoms with E-state index in [9.17, 15) is 0 Å². The SMILES string of the molecule is CN(C)C1CCN(c2ccc(N)c(-c3cnn(C)c3)c2)CC1. The summed E-state index contributed by atoms with van der Waals surface area (Å²) in [6, 6.07) is 7.03. The molecule has 5 nitrogen and oxygen atoms in total. The van der Waals surface area contributed by atoms with Crippen molar-refractivity contribution in [3.05, 3.63) is 30.6 Å². The number of nitrogens with two attached hydrogens (primary N) is 1. The molecule has 1 aromatic carbocycles. The van der Waals surface area contributed by atoms with Gasteiger partial charge < -0.3 is 15.5 Å². The number of hydrogen-bond acceptors (Lipinski definition) is 4. The topological polar surface area (TPSA) is 50.3 Å². The van der Waals surface area contributed by atoms with E-state index in [0.717, 1.165) is 29.9 Å². The minimum Gasteiger partial charge on any atom is -0.398 e. The Balaban J connectivity index is 1.81. The molecule has 5 heteroatoms. The Kier molecular flexibility index (Phi) is 4.07. The lowest BCUT2D eigenvalue weighted by atomic mass is 10.0. The summed E-state index contributed by atoms with van der Waals surface area (Å²) in [5.41, 5.74) is 10.4. The van der Waals surface area contributed by atoms with E-state index in [0.29, 0.717) is 6.04 Å². The zero-order valence-corrected chi connectivity index (χ0v) is 13.7. The van der Waals surface area contributed by atoms with Crippen molar-refractivity contribution in [2.45, 2.75) is 18.9 Å². The fourth-order valence-corrected chi connectivity index (χ4v) is 3.19. The van der Waals surface area contributed by atoms with Gasteiger partial charge in [0.05, 0.1) is 6.20 Å². The Morgan fingerprint density at radius 3 is 2.55 bits per heavy atom. The van der Waals surface area contributed by atoms with Gasteiger partial charge in [-0.3, -0.25) is 4.68 Å². The molecule has 118 valence electrons. The summed E-state index contributed by atoms with van der Waals surface area (Å²) >= 11 is 0. The van der Waals surface area contributed by atoms with E-state index in [1.807, 2.05) is 30.2 Å². The van der Waals surface area contributed by atoms with E-state index >= 15 is 0 Å². The molecule has 1 aromatic heterocycles. The molecular weight excluding hydrogens is 274 g/mol. The minimum atomic E-state index is 0.697. The predicted octanol–water partition coefficient (Wildman–Crippen LogP) is 2.20. The van der Waals surface area contributed by atoms with E-state index in [-0.39, 0.29) is 0 Å². The molecule has 1 aliphatic rings. The van der Waals surface area contributed by atoms with Gasteiger partial charge in [-0.2, -0.15) is 5.10 Å². The molecule has 0 aliphatic carbocycles. The van der Waals surface area contributed by atoms with Crippen LogP contribution < -0.4 is 10.6 Å². The average molecular weight is 299 g/mol. The van der Waals surface area contributed by atoms with Crippen LogP contribution in [0.5, 0.6) is 0 Å². The third-order valence-corrected chi connectivity index (χ3v) is 4.61. The minimum absolute atomic E-state index is 0.697. The summed E-state index contributed by atoms with van der Waals surface area (Å²) in [4.78, 5) is 4.79. The van der Waals surface area contributed by atoms with Gasteiger partial charge in [-0.1, -0.05) is 0 Å². The van der Waals surface area contributed by atoms with Crippen LogP contribution in [0.3, 0.4) is 0 Å². The van der Waals surface area contributed by atoms with Crippen LogP contribution in [-0.4, -0.2) is 47.9 Å². The maximum Gasteiger partial charge on any atom is 0.0568 e. The summed E-state index contributed by atoms with van der Waals surface area (Å²) in [6.07, 6.45) is 6.29. The molecule has 0 bridgehead atoms. The van der Waals surface area contributed by atoms with Crippen molar-refractivity contribution < 1.29 is 0 Å². The number of nitrogen functional groups attached to an aromatic ring is 1. The fourth-order valence-electron chi connectivity index (χ4n) is 3.19. The molecule has 2 heterocycles. The average Bonchev–Trinajstić information content (AvgIpc) is 2.94. The maximum absolute atomic E-state index is 6.16. The molecular formula is C17H25N5. The first-order chi connectivity index (χ1) is 10.5. The van der Waals surface area contributed by atoms with Crippen molar-refractivity contribution in [3.63, 3.8) is 0 Å². The van der Waals surface area contributed by atoms with E-state index in [1.54, 1.807) is 0 Å². The van der Waals surface area contributed by atoms with E-state index in [4.69, 9.17) is 5.73 Å². The molecule has 22 heavy (non-hydrogen) atoms. The van der Waals surface area contributed by atoms with Gasteiger partial charge in [-0.15, -0.1) is 0 Å². The first-order valence-electron chi connectivity index (χ1n) is 7.84. The van der Waals surface area contributed by atoms with Gasteiger partial charge in [0.15, 0.2) is 0 Å².